The maximum atomic E-state index is 11.2. The minimum Gasteiger partial charge on any atom is -0.392 e. The monoisotopic (exact) mass is 349 g/mol. The van der Waals surface area contributed by atoms with E-state index in [-0.39, 0.29) is 16.4 Å². The van der Waals surface area contributed by atoms with Crippen molar-refractivity contribution in [3.8, 4) is 16.6 Å². The molecule has 0 atom stereocenters. The molecule has 22 heavy (non-hydrogen) atoms. The van der Waals surface area contributed by atoms with Gasteiger partial charge in [-0.25, -0.2) is 4.98 Å². The highest BCUT2D eigenvalue weighted by atomic mass is 35.5. The highest BCUT2D eigenvalue weighted by Gasteiger charge is 2.11. The molecule has 0 aliphatic heterocycles. The first-order chi connectivity index (χ1) is 10.5. The lowest BCUT2D eigenvalue weighted by Crippen LogP contribution is -2.04. The molecule has 2 aromatic rings. The van der Waals surface area contributed by atoms with Crippen LogP contribution in [0, 0.1) is 11.3 Å². The number of allylic oxidation sites excluding steroid dienone is 1. The number of aromatic nitrogens is 1. The van der Waals surface area contributed by atoms with Crippen LogP contribution >= 0.6 is 34.7 Å². The molecule has 1 heterocycles. The maximum Gasteiger partial charge on any atom is 0.172 e. The molecule has 4 nitrogen and oxygen atoms in total. The molecule has 1 aromatic heterocycles. The van der Waals surface area contributed by atoms with E-state index in [1.807, 2.05) is 35.7 Å². The van der Waals surface area contributed by atoms with E-state index in [1.165, 1.54) is 30.0 Å². The Bertz CT molecular complexity index is 760. The molecule has 0 aliphatic rings. The molecule has 1 aromatic carbocycles. The fraction of sp³-hybridized carbons (Fsp3) is 0.133. The number of nitrogens with two attached hydrogens (primary N) is 1. The fourth-order valence-corrected chi connectivity index (χ4v) is 3.47. The van der Waals surface area contributed by atoms with Gasteiger partial charge < -0.3 is 5.73 Å². The smallest absolute Gasteiger partial charge is 0.172 e. The van der Waals surface area contributed by atoms with Crippen molar-refractivity contribution in [1.29, 1.82) is 5.26 Å². The molecule has 0 unspecified atom stereocenters. The normalized spacial score (nSPS) is 11.7. The number of carbonyl (C=O) groups is 1. The average molecular weight is 350 g/mol. The first-order valence-corrected chi connectivity index (χ1v) is 8.49. The van der Waals surface area contributed by atoms with Gasteiger partial charge in [0.15, 0.2) is 5.78 Å². The number of nitriles is 1. The Balaban J connectivity index is 2.09. The number of thiazole rings is 1. The number of hydrogen-bond acceptors (Lipinski definition) is 6. The van der Waals surface area contributed by atoms with Gasteiger partial charge in [-0.15, -0.1) is 23.1 Å². The maximum absolute atomic E-state index is 11.2. The fourth-order valence-electron chi connectivity index (χ4n) is 1.63. The summed E-state index contributed by atoms with van der Waals surface area (Å²) >= 11 is 8.63. The summed E-state index contributed by atoms with van der Waals surface area (Å²) in [6, 6.07) is 9.29. The Kier molecular flexibility index (Phi) is 5.61. The van der Waals surface area contributed by atoms with Gasteiger partial charge in [0, 0.05) is 21.7 Å². The number of ketones is 1. The molecule has 0 aliphatic carbocycles. The summed E-state index contributed by atoms with van der Waals surface area (Å²) in [5.41, 5.74) is 7.62. The van der Waals surface area contributed by atoms with E-state index in [2.05, 4.69) is 4.98 Å². The van der Waals surface area contributed by atoms with Crippen LogP contribution in [0.3, 0.4) is 0 Å². The van der Waals surface area contributed by atoms with Crippen molar-refractivity contribution in [2.45, 2.75) is 12.7 Å². The molecule has 0 saturated heterocycles. The van der Waals surface area contributed by atoms with Crippen molar-refractivity contribution in [3.05, 3.63) is 51.0 Å². The van der Waals surface area contributed by atoms with Gasteiger partial charge in [-0.1, -0.05) is 23.7 Å². The van der Waals surface area contributed by atoms with Crippen LogP contribution in [0.4, 0.5) is 0 Å². The summed E-state index contributed by atoms with van der Waals surface area (Å²) in [6.45, 7) is 1.33. The summed E-state index contributed by atoms with van der Waals surface area (Å²) in [5.74, 6) is 0.182. The second-order valence-electron chi connectivity index (χ2n) is 4.35. The first-order valence-electron chi connectivity index (χ1n) is 6.25. The van der Waals surface area contributed by atoms with Crippen LogP contribution in [-0.2, 0) is 10.5 Å². The summed E-state index contributed by atoms with van der Waals surface area (Å²) in [6.07, 6.45) is 0. The van der Waals surface area contributed by atoms with E-state index >= 15 is 0 Å². The molecule has 7 heteroatoms. The van der Waals surface area contributed by atoms with Crippen LogP contribution in [-0.4, -0.2) is 10.8 Å². The summed E-state index contributed by atoms with van der Waals surface area (Å²) < 4.78 is 0. The van der Waals surface area contributed by atoms with Gasteiger partial charge in [-0.2, -0.15) is 5.26 Å². The lowest BCUT2D eigenvalue weighted by Gasteiger charge is -2.01. The second kappa shape index (κ2) is 7.45. The van der Waals surface area contributed by atoms with E-state index < -0.39 is 0 Å². The zero-order valence-electron chi connectivity index (χ0n) is 11.7. The zero-order valence-corrected chi connectivity index (χ0v) is 14.1. The number of Topliss-reactive ketones (excluding diaryl/α,β-unsaturated/α-hetero) is 1. The number of hydrogen-bond donors (Lipinski definition) is 1. The van der Waals surface area contributed by atoms with Crippen molar-refractivity contribution in [1.82, 2.24) is 4.98 Å². The molecular weight excluding hydrogens is 338 g/mol. The predicted molar refractivity (Wildman–Crippen MR) is 91.4 cm³/mol. The highest BCUT2D eigenvalue weighted by Crippen LogP contribution is 2.28. The van der Waals surface area contributed by atoms with Gasteiger partial charge in [0.2, 0.25) is 0 Å². The molecule has 0 radical (unpaired) electrons. The molecule has 0 spiro atoms. The zero-order chi connectivity index (χ0) is 16.1. The molecule has 0 bridgehead atoms. The Hall–Kier alpha value is -1.81. The van der Waals surface area contributed by atoms with Crippen molar-refractivity contribution >= 4 is 40.5 Å². The minimum absolute atomic E-state index is 0.00171. The van der Waals surface area contributed by atoms with Crippen LogP contribution in [0.25, 0.3) is 10.6 Å². The molecule has 0 fully saturated rings. The van der Waals surface area contributed by atoms with Gasteiger partial charge in [-0.3, -0.25) is 4.79 Å². The lowest BCUT2D eigenvalue weighted by atomic mass is 10.2. The number of benzene rings is 1. The van der Waals surface area contributed by atoms with Crippen LogP contribution < -0.4 is 5.73 Å². The summed E-state index contributed by atoms with van der Waals surface area (Å²) in [7, 11) is 0. The second-order valence-corrected chi connectivity index (χ2v) is 6.66. The Morgan fingerprint density at radius 3 is 2.73 bits per heavy atom. The van der Waals surface area contributed by atoms with Crippen LogP contribution in [0.2, 0.25) is 5.02 Å². The van der Waals surface area contributed by atoms with E-state index in [0.717, 1.165) is 16.3 Å². The van der Waals surface area contributed by atoms with E-state index in [9.17, 15) is 4.79 Å². The Labute approximate surface area is 141 Å². The minimum atomic E-state index is -0.326. The molecule has 0 amide bonds. The van der Waals surface area contributed by atoms with Gasteiger partial charge in [0.05, 0.1) is 10.7 Å². The Morgan fingerprint density at radius 2 is 2.14 bits per heavy atom. The molecule has 0 saturated carbocycles. The standard InChI is InChI=1S/C15H12ClN3OS2/c1-9(20)13(6-17)14(18)21-7-12-8-22-15(19-12)10-2-4-11(16)5-3-10/h2-5,8H,7,18H2,1H3/b14-13+. The third-order valence-corrected chi connectivity index (χ3v) is 4.88. The number of nitrogens with zero attached hydrogens (tertiary/aromatic N) is 2. The van der Waals surface area contributed by atoms with Gasteiger partial charge >= 0.3 is 0 Å². The first kappa shape index (κ1) is 16.6. The van der Waals surface area contributed by atoms with Crippen molar-refractivity contribution in [3.63, 3.8) is 0 Å². The van der Waals surface area contributed by atoms with Crippen LogP contribution in [0.5, 0.6) is 0 Å². The quantitative estimate of drug-likeness (QED) is 0.652. The van der Waals surface area contributed by atoms with Crippen molar-refractivity contribution in [2.24, 2.45) is 5.73 Å². The largest absolute Gasteiger partial charge is 0.392 e. The van der Waals surface area contributed by atoms with E-state index in [1.54, 1.807) is 0 Å². The number of thioether (sulfide) groups is 1. The number of rotatable bonds is 5. The van der Waals surface area contributed by atoms with Crippen LogP contribution in [0.15, 0.2) is 40.2 Å². The summed E-state index contributed by atoms with van der Waals surface area (Å²) in [5, 5.41) is 12.6. The average Bonchev–Trinajstić information content (AvgIpc) is 2.95. The van der Waals surface area contributed by atoms with Gasteiger partial charge in [0.25, 0.3) is 0 Å². The molecule has 112 valence electrons. The van der Waals surface area contributed by atoms with Gasteiger partial charge in [-0.05, 0) is 19.1 Å². The molecule has 2 rings (SSSR count). The van der Waals surface area contributed by atoms with E-state index in [4.69, 9.17) is 22.6 Å². The number of halogens is 1. The third kappa shape index (κ3) is 4.10. The molecular formula is C15H12ClN3OS2. The van der Waals surface area contributed by atoms with Gasteiger partial charge in [0.1, 0.15) is 16.6 Å². The topological polar surface area (TPSA) is 79.8 Å². The molecule has 2 N–H and O–H groups in total. The number of carbonyl (C=O) groups excluding carboxylic acids is 1. The van der Waals surface area contributed by atoms with Crippen molar-refractivity contribution in [2.75, 3.05) is 0 Å². The van der Waals surface area contributed by atoms with E-state index in [0.29, 0.717) is 10.8 Å². The summed E-state index contributed by atoms with van der Waals surface area (Å²) in [4.78, 5) is 15.8. The van der Waals surface area contributed by atoms with Crippen molar-refractivity contribution < 1.29 is 4.79 Å². The lowest BCUT2D eigenvalue weighted by molar-refractivity contribution is -0.113. The predicted octanol–water partition coefficient (Wildman–Crippen LogP) is 3.98. The Morgan fingerprint density at radius 1 is 1.45 bits per heavy atom. The highest BCUT2D eigenvalue weighted by molar-refractivity contribution is 8.02. The third-order valence-electron chi connectivity index (χ3n) is 2.73. The van der Waals surface area contributed by atoms with Crippen LogP contribution in [0.1, 0.15) is 12.6 Å². The SMILES string of the molecule is CC(=O)/C(C#N)=C(\N)SCc1csc(-c2ccc(Cl)cc2)n1.